The number of imidazole rings is 1. The maximum absolute atomic E-state index is 9.95. The van der Waals surface area contributed by atoms with Crippen molar-refractivity contribution in [3.8, 4) is 0 Å². The summed E-state index contributed by atoms with van der Waals surface area (Å²) < 4.78 is 19.7. The molecule has 0 atom stereocenters. The molecular weight excluding hydrogens is 231 g/mol. The van der Waals surface area contributed by atoms with Crippen LogP contribution in [-0.4, -0.2) is 19.2 Å². The van der Waals surface area contributed by atoms with E-state index in [0.717, 1.165) is 20.6 Å². The maximum Gasteiger partial charge on any atom is 0.267 e. The number of aromatic amines is 1. The number of nitrogens with one attached hydrogen (secondary N) is 1. The zero-order chi connectivity index (χ0) is 12.6. The molecule has 0 saturated heterocycles. The third-order valence-electron chi connectivity index (χ3n) is 1.76. The highest BCUT2D eigenvalue weighted by atomic mass is 31.2. The molecule has 0 aliphatic carbocycles. The van der Waals surface area contributed by atoms with Crippen molar-refractivity contribution < 1.29 is 23.1 Å². The molecule has 1 N–H and O–H groups in total. The van der Waals surface area contributed by atoms with E-state index in [1.54, 1.807) is 0 Å². The second-order valence-corrected chi connectivity index (χ2v) is 4.45. The molecule has 0 radical (unpaired) electrons. The van der Waals surface area contributed by atoms with Crippen LogP contribution in [0.1, 0.15) is 5.82 Å². The summed E-state index contributed by atoms with van der Waals surface area (Å²) in [6, 6.07) is 0. The van der Waals surface area contributed by atoms with Gasteiger partial charge in [0.05, 0.1) is 13.5 Å². The summed E-state index contributed by atoms with van der Waals surface area (Å²) in [5.74, 6) is 1.19. The number of rotatable bonds is 4. The fourth-order valence-electron chi connectivity index (χ4n) is 0.851. The first-order valence-corrected chi connectivity index (χ1v) is 5.98. The minimum atomic E-state index is -3.90. The summed E-state index contributed by atoms with van der Waals surface area (Å²) in [7, 11) is 0.183. The minimum absolute atomic E-state index is 0.906. The molecule has 0 fully saturated rings. The average Bonchev–Trinajstić information content (AvgIpc) is 2.66. The van der Waals surface area contributed by atoms with Gasteiger partial charge in [-0.25, -0.2) is 9.55 Å². The van der Waals surface area contributed by atoms with Crippen LogP contribution in [0.5, 0.6) is 0 Å². The molecule has 0 amide bonds. The maximum atomic E-state index is 9.95. The molecule has 92 valence electrons. The largest absolute Gasteiger partial charge is 0.756 e. The lowest BCUT2D eigenvalue weighted by Gasteiger charge is -2.16. The summed E-state index contributed by atoms with van der Waals surface area (Å²) in [5, 5.41) is 0. The lowest BCUT2D eigenvalue weighted by Crippen LogP contribution is -2.29. The van der Waals surface area contributed by atoms with Gasteiger partial charge in [0, 0.05) is 14.2 Å². The van der Waals surface area contributed by atoms with Crippen LogP contribution in [0.2, 0.25) is 0 Å². The number of allylic oxidation sites excluding steroid dienone is 1. The molecule has 0 aliphatic heterocycles. The van der Waals surface area contributed by atoms with E-state index in [9.17, 15) is 9.46 Å². The Labute approximate surface area is 95.1 Å². The van der Waals surface area contributed by atoms with Crippen LogP contribution in [0.4, 0.5) is 0 Å². The predicted octanol–water partition coefficient (Wildman–Crippen LogP) is 0.315. The highest BCUT2D eigenvalue weighted by Gasteiger charge is 2.00. The van der Waals surface area contributed by atoms with E-state index in [0.29, 0.717) is 0 Å². The quantitative estimate of drug-likeness (QED) is 0.472. The first-order valence-electron chi connectivity index (χ1n) is 4.52. The minimum Gasteiger partial charge on any atom is -0.756 e. The van der Waals surface area contributed by atoms with E-state index >= 15 is 0 Å². The molecule has 7 heteroatoms. The Morgan fingerprint density at radius 2 is 2.19 bits per heavy atom. The van der Waals surface area contributed by atoms with Gasteiger partial charge >= 0.3 is 0 Å². The van der Waals surface area contributed by atoms with Gasteiger partial charge in [0.2, 0.25) is 0 Å². The number of aryl methyl sites for hydroxylation is 1. The third kappa shape index (κ3) is 5.82. The number of nitrogens with zero attached hydrogens (tertiary/aromatic N) is 1. The first-order chi connectivity index (χ1) is 7.46. The Bertz CT molecular complexity index is 356. The van der Waals surface area contributed by atoms with Gasteiger partial charge in [0.25, 0.3) is 13.6 Å². The van der Waals surface area contributed by atoms with Gasteiger partial charge in [-0.05, 0) is 0 Å². The van der Waals surface area contributed by atoms with Crippen LogP contribution in [-0.2, 0) is 27.1 Å². The van der Waals surface area contributed by atoms with Crippen molar-refractivity contribution in [1.82, 2.24) is 4.98 Å². The molecule has 6 nitrogen and oxygen atoms in total. The molecule has 0 saturated carbocycles. The van der Waals surface area contributed by atoms with Crippen molar-refractivity contribution in [2.24, 2.45) is 7.05 Å². The summed E-state index contributed by atoms with van der Waals surface area (Å²) in [4.78, 5) is 13.0. The molecule has 1 aromatic rings. The van der Waals surface area contributed by atoms with E-state index in [2.05, 4.69) is 20.6 Å². The van der Waals surface area contributed by atoms with Crippen LogP contribution >= 0.6 is 7.82 Å². The van der Waals surface area contributed by atoms with Gasteiger partial charge in [-0.2, -0.15) is 0 Å². The average molecular weight is 248 g/mol. The highest BCUT2D eigenvalue weighted by Crippen LogP contribution is 2.34. The summed E-state index contributed by atoms with van der Waals surface area (Å²) >= 11 is 0. The molecule has 1 rings (SSSR count). The molecule has 16 heavy (non-hydrogen) atoms. The summed E-state index contributed by atoms with van der Waals surface area (Å²) in [6.07, 6.45) is 6.69. The Morgan fingerprint density at radius 1 is 1.62 bits per heavy atom. The summed E-state index contributed by atoms with van der Waals surface area (Å²) in [6.45, 7) is 3.64. The molecule has 0 aliphatic rings. The molecule has 1 heterocycles. The van der Waals surface area contributed by atoms with E-state index in [1.165, 1.54) is 5.82 Å². The SMILES string of the molecule is C=CCc1[nH]cc[n+]1C.COP(=O)([O-])OC. The van der Waals surface area contributed by atoms with Gasteiger partial charge in [0.15, 0.2) is 0 Å². The number of hydrogen-bond acceptors (Lipinski definition) is 4. The zero-order valence-corrected chi connectivity index (χ0v) is 10.6. The molecule has 0 spiro atoms. The van der Waals surface area contributed by atoms with Crippen molar-refractivity contribution in [3.63, 3.8) is 0 Å². The number of H-pyrrole nitrogens is 1. The standard InChI is InChI=1S/C7H10N2.C2H7O4P/c1-3-4-7-8-5-6-9(7)2;1-5-7(3,4)6-2/h3,5-6H,1,4H2,2H3;1-2H3,(H,3,4). The molecule has 0 aromatic carbocycles. The lowest BCUT2D eigenvalue weighted by atomic mass is 10.4. The topological polar surface area (TPSA) is 78.3 Å². The van der Waals surface area contributed by atoms with Crippen LogP contribution < -0.4 is 9.46 Å². The molecular formula is C9H17N2O4P. The lowest BCUT2D eigenvalue weighted by molar-refractivity contribution is -0.677. The summed E-state index contributed by atoms with van der Waals surface area (Å²) in [5.41, 5.74) is 0. The van der Waals surface area contributed by atoms with Crippen LogP contribution in [0.15, 0.2) is 25.0 Å². The van der Waals surface area contributed by atoms with Gasteiger partial charge in [0.1, 0.15) is 12.4 Å². The Hall–Kier alpha value is -0.940. The smallest absolute Gasteiger partial charge is 0.267 e. The van der Waals surface area contributed by atoms with Crippen molar-refractivity contribution in [2.75, 3.05) is 14.2 Å². The van der Waals surface area contributed by atoms with E-state index in [1.807, 2.05) is 30.1 Å². The van der Waals surface area contributed by atoms with Crippen molar-refractivity contribution in [3.05, 3.63) is 30.9 Å². The van der Waals surface area contributed by atoms with Crippen LogP contribution in [0.3, 0.4) is 0 Å². The Morgan fingerprint density at radius 3 is 2.44 bits per heavy atom. The predicted molar refractivity (Wildman–Crippen MR) is 57.5 cm³/mol. The third-order valence-corrected chi connectivity index (χ3v) is 2.65. The van der Waals surface area contributed by atoms with E-state index in [-0.39, 0.29) is 0 Å². The van der Waals surface area contributed by atoms with Crippen molar-refractivity contribution in [2.45, 2.75) is 6.42 Å². The van der Waals surface area contributed by atoms with Gasteiger partial charge in [-0.15, -0.1) is 6.58 Å². The zero-order valence-electron chi connectivity index (χ0n) is 9.67. The van der Waals surface area contributed by atoms with Gasteiger partial charge < -0.3 is 13.9 Å². The Balaban J connectivity index is 0.000000293. The van der Waals surface area contributed by atoms with E-state index < -0.39 is 7.82 Å². The first kappa shape index (κ1) is 15.1. The van der Waals surface area contributed by atoms with Crippen LogP contribution in [0, 0.1) is 0 Å². The van der Waals surface area contributed by atoms with Crippen molar-refractivity contribution in [1.29, 1.82) is 0 Å². The molecule has 0 bridgehead atoms. The number of phosphoric acid groups is 1. The van der Waals surface area contributed by atoms with Gasteiger partial charge in [-0.1, -0.05) is 6.08 Å². The fourth-order valence-corrected chi connectivity index (χ4v) is 1.00. The second-order valence-electron chi connectivity index (χ2n) is 2.82. The van der Waals surface area contributed by atoms with E-state index in [4.69, 9.17) is 0 Å². The van der Waals surface area contributed by atoms with Crippen molar-refractivity contribution >= 4 is 7.82 Å². The molecule has 0 unspecified atom stereocenters. The number of hydrogen-bond donors (Lipinski definition) is 1. The second kappa shape index (κ2) is 7.35. The Kier molecular flexibility index (Phi) is 6.92. The molecule has 1 aromatic heterocycles. The number of phosphoric ester groups is 1. The highest BCUT2D eigenvalue weighted by molar-refractivity contribution is 7.45. The van der Waals surface area contributed by atoms with Gasteiger partial charge in [-0.3, -0.25) is 4.57 Å². The fraction of sp³-hybridized carbons (Fsp3) is 0.444. The normalized spacial score (nSPS) is 10.5. The monoisotopic (exact) mass is 248 g/mol. The van der Waals surface area contributed by atoms with Crippen LogP contribution in [0.25, 0.3) is 0 Å². The number of aromatic nitrogens is 2.